The van der Waals surface area contributed by atoms with E-state index < -0.39 is 0 Å². The van der Waals surface area contributed by atoms with Crippen LogP contribution in [0.1, 0.15) is 12.1 Å². The Kier molecular flexibility index (Phi) is 7.77. The van der Waals surface area contributed by atoms with E-state index in [-0.39, 0.29) is 24.0 Å². The minimum atomic E-state index is 0. The predicted octanol–water partition coefficient (Wildman–Crippen LogP) is 3.70. The first-order chi connectivity index (χ1) is 13.7. The lowest BCUT2D eigenvalue weighted by molar-refractivity contribution is 0.647. The smallest absolute Gasteiger partial charge is 0.191 e. The molecular formula is C21H26BrIN6. The highest BCUT2D eigenvalue weighted by atomic mass is 127. The summed E-state index contributed by atoms with van der Waals surface area (Å²) in [7, 11) is 1.82. The monoisotopic (exact) mass is 568 g/mol. The molecule has 6 nitrogen and oxygen atoms in total. The van der Waals surface area contributed by atoms with Gasteiger partial charge in [0.1, 0.15) is 5.65 Å². The van der Waals surface area contributed by atoms with Gasteiger partial charge in [-0.15, -0.1) is 24.0 Å². The van der Waals surface area contributed by atoms with Crippen LogP contribution in [0.25, 0.3) is 5.65 Å². The molecule has 1 fully saturated rings. The van der Waals surface area contributed by atoms with Gasteiger partial charge in [0.15, 0.2) is 5.96 Å². The highest BCUT2D eigenvalue weighted by Gasteiger charge is 2.24. The van der Waals surface area contributed by atoms with E-state index in [4.69, 9.17) is 0 Å². The second kappa shape index (κ2) is 10.3. The maximum atomic E-state index is 4.64. The summed E-state index contributed by atoms with van der Waals surface area (Å²) in [5, 5.41) is 6.97. The minimum Gasteiger partial charge on any atom is -0.368 e. The molecule has 0 aliphatic carbocycles. The van der Waals surface area contributed by atoms with Crippen LogP contribution in [0.3, 0.4) is 0 Å². The first kappa shape index (κ1) is 21.9. The Morgan fingerprint density at radius 3 is 2.86 bits per heavy atom. The van der Waals surface area contributed by atoms with Gasteiger partial charge in [0.2, 0.25) is 0 Å². The number of anilines is 1. The van der Waals surface area contributed by atoms with Gasteiger partial charge in [0.25, 0.3) is 0 Å². The Hall–Kier alpha value is -1.81. The van der Waals surface area contributed by atoms with Gasteiger partial charge in [0.05, 0.1) is 11.4 Å². The minimum absolute atomic E-state index is 0. The van der Waals surface area contributed by atoms with Crippen LogP contribution in [-0.2, 0) is 6.42 Å². The standard InChI is InChI=1S/C21H25BrN6.HI/c1-23-21(24-11-9-16-15-28-12-5-4-8-20(28)25-16)26-17-10-13-27(14-17)19-7-3-2-6-18(19)22;/h2-8,12,15,17H,9-11,13-14H2,1H3,(H2,23,24,26);1H. The number of nitrogens with one attached hydrogen (secondary N) is 2. The number of halogens is 2. The van der Waals surface area contributed by atoms with Gasteiger partial charge in [-0.3, -0.25) is 4.99 Å². The zero-order chi connectivity index (χ0) is 19.3. The number of nitrogens with zero attached hydrogens (tertiary/aromatic N) is 4. The summed E-state index contributed by atoms with van der Waals surface area (Å²) >= 11 is 3.65. The van der Waals surface area contributed by atoms with Crippen molar-refractivity contribution in [3.05, 3.63) is 65.0 Å². The van der Waals surface area contributed by atoms with Crippen LogP contribution in [0, 0.1) is 0 Å². The van der Waals surface area contributed by atoms with Gasteiger partial charge in [0, 0.05) is 56.0 Å². The summed E-state index contributed by atoms with van der Waals surface area (Å²) in [4.78, 5) is 11.4. The number of imidazole rings is 1. The van der Waals surface area contributed by atoms with Gasteiger partial charge in [-0.25, -0.2) is 4.98 Å². The molecule has 1 aliphatic heterocycles. The Morgan fingerprint density at radius 2 is 2.07 bits per heavy atom. The molecular weight excluding hydrogens is 543 g/mol. The number of para-hydroxylation sites is 1. The van der Waals surface area contributed by atoms with E-state index in [1.54, 1.807) is 0 Å². The molecule has 0 amide bonds. The highest BCUT2D eigenvalue weighted by molar-refractivity contribution is 14.0. The molecule has 2 aromatic heterocycles. The van der Waals surface area contributed by atoms with Crippen LogP contribution in [0.4, 0.5) is 5.69 Å². The third kappa shape index (κ3) is 5.42. The summed E-state index contributed by atoms with van der Waals surface area (Å²) in [6, 6.07) is 14.8. The molecule has 0 radical (unpaired) electrons. The van der Waals surface area contributed by atoms with E-state index in [1.165, 1.54) is 5.69 Å². The van der Waals surface area contributed by atoms with Crippen molar-refractivity contribution in [2.24, 2.45) is 4.99 Å². The van der Waals surface area contributed by atoms with E-state index in [9.17, 15) is 0 Å². The normalized spacial score (nSPS) is 16.7. The van der Waals surface area contributed by atoms with Crippen LogP contribution in [-0.4, -0.2) is 48.1 Å². The number of fused-ring (bicyclic) bond motifs is 1. The average molecular weight is 569 g/mol. The molecule has 4 rings (SSSR count). The van der Waals surface area contributed by atoms with Crippen molar-refractivity contribution in [3.63, 3.8) is 0 Å². The van der Waals surface area contributed by atoms with Crippen molar-refractivity contribution < 1.29 is 0 Å². The van der Waals surface area contributed by atoms with E-state index in [0.717, 1.165) is 54.2 Å². The number of benzene rings is 1. The number of guanidine groups is 1. The summed E-state index contributed by atoms with van der Waals surface area (Å²) < 4.78 is 3.20. The fourth-order valence-corrected chi connectivity index (χ4v) is 4.15. The van der Waals surface area contributed by atoms with Crippen LogP contribution >= 0.6 is 39.9 Å². The zero-order valence-electron chi connectivity index (χ0n) is 16.4. The number of hydrogen-bond acceptors (Lipinski definition) is 3. The number of pyridine rings is 1. The molecule has 0 saturated carbocycles. The van der Waals surface area contributed by atoms with E-state index in [2.05, 4.69) is 70.2 Å². The fraction of sp³-hybridized carbons (Fsp3) is 0.333. The Labute approximate surface area is 197 Å². The first-order valence-corrected chi connectivity index (χ1v) is 10.4. The number of aliphatic imine (C=N–C) groups is 1. The molecule has 8 heteroatoms. The molecule has 1 atom stereocenters. The van der Waals surface area contributed by atoms with Crippen molar-refractivity contribution in [3.8, 4) is 0 Å². The van der Waals surface area contributed by atoms with E-state index in [1.807, 2.05) is 37.5 Å². The number of aromatic nitrogens is 2. The number of hydrogen-bond donors (Lipinski definition) is 2. The lowest BCUT2D eigenvalue weighted by Crippen LogP contribution is -2.45. The van der Waals surface area contributed by atoms with Crippen LogP contribution < -0.4 is 15.5 Å². The summed E-state index contributed by atoms with van der Waals surface area (Å²) in [6.07, 6.45) is 6.06. The topological polar surface area (TPSA) is 57.0 Å². The van der Waals surface area contributed by atoms with Gasteiger partial charge in [-0.1, -0.05) is 18.2 Å². The quantitative estimate of drug-likeness (QED) is 0.280. The van der Waals surface area contributed by atoms with Crippen molar-refractivity contribution >= 4 is 57.2 Å². The third-order valence-corrected chi connectivity index (χ3v) is 5.70. The molecule has 0 spiro atoms. The Balaban J connectivity index is 0.00000240. The lowest BCUT2D eigenvalue weighted by Gasteiger charge is -2.21. The zero-order valence-corrected chi connectivity index (χ0v) is 20.3. The molecule has 1 aliphatic rings. The molecule has 2 N–H and O–H groups in total. The molecule has 154 valence electrons. The Bertz CT molecular complexity index is 939. The molecule has 29 heavy (non-hydrogen) atoms. The van der Waals surface area contributed by atoms with Crippen molar-refractivity contribution in [2.45, 2.75) is 18.9 Å². The second-order valence-corrected chi connectivity index (χ2v) is 7.83. The molecule has 3 aromatic rings. The predicted molar refractivity (Wildman–Crippen MR) is 134 cm³/mol. The lowest BCUT2D eigenvalue weighted by atomic mass is 10.2. The van der Waals surface area contributed by atoms with E-state index >= 15 is 0 Å². The fourth-order valence-electron chi connectivity index (χ4n) is 3.61. The van der Waals surface area contributed by atoms with Gasteiger partial charge < -0.3 is 19.9 Å². The van der Waals surface area contributed by atoms with Gasteiger partial charge in [-0.05, 0) is 46.6 Å². The summed E-state index contributed by atoms with van der Waals surface area (Å²) in [6.45, 7) is 2.80. The van der Waals surface area contributed by atoms with Gasteiger partial charge >= 0.3 is 0 Å². The van der Waals surface area contributed by atoms with Crippen LogP contribution in [0.5, 0.6) is 0 Å². The number of rotatable bonds is 5. The molecule has 1 saturated heterocycles. The molecule has 3 heterocycles. The SMILES string of the molecule is CN=C(NCCc1cn2ccccc2n1)NC1CCN(c2ccccc2Br)C1.I. The third-order valence-electron chi connectivity index (χ3n) is 5.03. The van der Waals surface area contributed by atoms with Crippen LogP contribution in [0.15, 0.2) is 64.3 Å². The average Bonchev–Trinajstić information content (AvgIpc) is 3.34. The largest absolute Gasteiger partial charge is 0.368 e. The highest BCUT2D eigenvalue weighted by Crippen LogP contribution is 2.28. The summed E-state index contributed by atoms with van der Waals surface area (Å²) in [5.74, 6) is 0.850. The maximum Gasteiger partial charge on any atom is 0.191 e. The van der Waals surface area contributed by atoms with Crippen molar-refractivity contribution in [2.75, 3.05) is 31.6 Å². The molecule has 1 aromatic carbocycles. The van der Waals surface area contributed by atoms with E-state index in [0.29, 0.717) is 6.04 Å². The summed E-state index contributed by atoms with van der Waals surface area (Å²) in [5.41, 5.74) is 3.31. The Morgan fingerprint density at radius 1 is 1.24 bits per heavy atom. The molecule has 0 bridgehead atoms. The molecule has 1 unspecified atom stereocenters. The maximum absolute atomic E-state index is 4.64. The first-order valence-electron chi connectivity index (χ1n) is 9.62. The van der Waals surface area contributed by atoms with Crippen molar-refractivity contribution in [1.29, 1.82) is 0 Å². The van der Waals surface area contributed by atoms with Crippen molar-refractivity contribution in [1.82, 2.24) is 20.0 Å². The van der Waals surface area contributed by atoms with Gasteiger partial charge in [-0.2, -0.15) is 0 Å². The second-order valence-electron chi connectivity index (χ2n) is 6.97. The van der Waals surface area contributed by atoms with Crippen LogP contribution in [0.2, 0.25) is 0 Å².